The van der Waals surface area contributed by atoms with Crippen LogP contribution < -0.4 is 11.1 Å². The Bertz CT molecular complexity index is 1270. The van der Waals surface area contributed by atoms with Gasteiger partial charge in [0.05, 0.1) is 29.4 Å². The first-order chi connectivity index (χ1) is 16.3. The van der Waals surface area contributed by atoms with E-state index in [9.17, 15) is 19.1 Å². The molecule has 1 aromatic heterocycles. The van der Waals surface area contributed by atoms with E-state index in [1.54, 1.807) is 21.7 Å². The Morgan fingerprint density at radius 1 is 1.15 bits per heavy atom. The molecule has 10 heteroatoms. The van der Waals surface area contributed by atoms with Gasteiger partial charge in [0.1, 0.15) is 17.3 Å². The van der Waals surface area contributed by atoms with Gasteiger partial charge in [-0.05, 0) is 54.7 Å². The molecule has 8 nitrogen and oxygen atoms in total. The second-order valence-corrected chi connectivity index (χ2v) is 9.12. The Balaban J connectivity index is 1.28. The first kappa shape index (κ1) is 22.2. The molecule has 1 fully saturated rings. The highest BCUT2D eigenvalue weighted by Gasteiger charge is 2.34. The maximum atomic E-state index is 13.6. The lowest BCUT2D eigenvalue weighted by Crippen LogP contribution is -2.51. The monoisotopic (exact) mass is 483 g/mol. The number of nitrogens with zero attached hydrogens (tertiary/aromatic N) is 3. The topological polar surface area (TPSA) is 113 Å². The van der Waals surface area contributed by atoms with E-state index < -0.39 is 11.7 Å². The molecular formula is C24H23ClFN5O3. The molecule has 1 aliphatic heterocycles. The molecule has 0 radical (unpaired) electrons. The molecule has 0 atom stereocenters. The molecule has 0 saturated heterocycles. The van der Waals surface area contributed by atoms with Crippen LogP contribution in [0.15, 0.2) is 42.5 Å². The molecule has 2 aliphatic rings. The number of aromatic nitrogens is 2. The number of fused-ring (bicyclic) bond motifs is 1. The van der Waals surface area contributed by atoms with Gasteiger partial charge in [0, 0.05) is 18.2 Å². The van der Waals surface area contributed by atoms with Crippen LogP contribution >= 0.6 is 11.6 Å². The van der Waals surface area contributed by atoms with E-state index in [2.05, 4.69) is 10.4 Å². The molecule has 5 rings (SSSR count). The number of hydrogen-bond acceptors (Lipinski definition) is 4. The normalized spacial score (nSPS) is 19.3. The van der Waals surface area contributed by atoms with Crippen molar-refractivity contribution in [1.82, 2.24) is 20.0 Å². The fourth-order valence-electron chi connectivity index (χ4n) is 4.62. The van der Waals surface area contributed by atoms with Crippen molar-refractivity contribution in [1.29, 1.82) is 0 Å². The predicted molar refractivity (Wildman–Crippen MR) is 124 cm³/mol. The number of carbonyl (C=O) groups excluding carboxylic acids is 2. The standard InChI is InChI=1S/C24H23ClFN5O3/c25-18-11-14(3-6-19(18)26)22-21(23(27)33)20-12-30(7-8-31(20)29-22)24(34)28-16-9-15(10-16)13-1-4-17(32)5-2-13/h1-6,11,15-16,32H,7-10,12H2,(H2,27,33)(H,28,34). The van der Waals surface area contributed by atoms with E-state index in [0.717, 1.165) is 18.4 Å². The fraction of sp³-hybridized carbons (Fsp3) is 0.292. The van der Waals surface area contributed by atoms with Gasteiger partial charge in [-0.2, -0.15) is 5.10 Å². The third-order valence-electron chi connectivity index (χ3n) is 6.54. The Hall–Kier alpha value is -3.59. The van der Waals surface area contributed by atoms with Gasteiger partial charge in [-0.25, -0.2) is 9.18 Å². The zero-order chi connectivity index (χ0) is 24.0. The second-order valence-electron chi connectivity index (χ2n) is 8.71. The molecule has 0 unspecified atom stereocenters. The molecule has 1 aliphatic carbocycles. The summed E-state index contributed by atoms with van der Waals surface area (Å²) in [5, 5.41) is 16.9. The molecule has 1 saturated carbocycles. The van der Waals surface area contributed by atoms with Crippen molar-refractivity contribution in [3.05, 3.63) is 70.1 Å². The van der Waals surface area contributed by atoms with Crippen LogP contribution in [-0.4, -0.2) is 44.3 Å². The smallest absolute Gasteiger partial charge is 0.318 e. The van der Waals surface area contributed by atoms with Crippen LogP contribution in [0.2, 0.25) is 5.02 Å². The number of nitrogens with one attached hydrogen (secondary N) is 1. The van der Waals surface area contributed by atoms with Crippen molar-refractivity contribution < 1.29 is 19.1 Å². The lowest BCUT2D eigenvalue weighted by molar-refractivity contribution is 0.0997. The van der Waals surface area contributed by atoms with Crippen molar-refractivity contribution >= 4 is 23.5 Å². The summed E-state index contributed by atoms with van der Waals surface area (Å²) in [6.45, 7) is 1.01. The molecule has 4 N–H and O–H groups in total. The Morgan fingerprint density at radius 2 is 1.88 bits per heavy atom. The van der Waals surface area contributed by atoms with Gasteiger partial charge >= 0.3 is 6.03 Å². The van der Waals surface area contributed by atoms with E-state index in [-0.39, 0.29) is 35.0 Å². The van der Waals surface area contributed by atoms with Gasteiger partial charge in [0.2, 0.25) is 0 Å². The van der Waals surface area contributed by atoms with Gasteiger partial charge in [0.25, 0.3) is 5.91 Å². The minimum Gasteiger partial charge on any atom is -0.508 e. The number of urea groups is 1. The molecule has 3 amide bonds. The number of carbonyl (C=O) groups is 2. The van der Waals surface area contributed by atoms with Crippen molar-refractivity contribution in [2.45, 2.75) is 37.9 Å². The maximum Gasteiger partial charge on any atom is 0.318 e. The lowest BCUT2D eigenvalue weighted by atomic mass is 9.76. The van der Waals surface area contributed by atoms with E-state index in [1.165, 1.54) is 18.2 Å². The molecule has 176 valence electrons. The fourth-order valence-corrected chi connectivity index (χ4v) is 4.80. The summed E-state index contributed by atoms with van der Waals surface area (Å²) in [7, 11) is 0. The number of amides is 3. The maximum absolute atomic E-state index is 13.6. The van der Waals surface area contributed by atoms with Crippen molar-refractivity contribution in [3.63, 3.8) is 0 Å². The van der Waals surface area contributed by atoms with Crippen LogP contribution in [0.25, 0.3) is 11.3 Å². The molecule has 0 spiro atoms. The number of halogens is 2. The summed E-state index contributed by atoms with van der Waals surface area (Å²) in [5.41, 5.74) is 8.36. The number of primary amides is 1. The molecule has 3 aromatic rings. The average Bonchev–Trinajstić information content (AvgIpc) is 3.17. The number of phenolic OH excluding ortho intramolecular Hbond substituents is 1. The third kappa shape index (κ3) is 4.07. The summed E-state index contributed by atoms with van der Waals surface area (Å²) < 4.78 is 15.3. The number of aromatic hydroxyl groups is 1. The van der Waals surface area contributed by atoms with Gasteiger partial charge in [-0.15, -0.1) is 0 Å². The number of benzene rings is 2. The molecule has 0 bridgehead atoms. The highest BCUT2D eigenvalue weighted by atomic mass is 35.5. The first-order valence-corrected chi connectivity index (χ1v) is 11.4. The first-order valence-electron chi connectivity index (χ1n) is 11.0. The average molecular weight is 484 g/mol. The number of phenols is 1. The molecule has 2 heterocycles. The zero-order valence-electron chi connectivity index (χ0n) is 18.2. The van der Waals surface area contributed by atoms with E-state index in [0.29, 0.717) is 36.0 Å². The minimum absolute atomic E-state index is 0.0608. The Morgan fingerprint density at radius 3 is 2.56 bits per heavy atom. The van der Waals surface area contributed by atoms with Gasteiger partial charge < -0.3 is 21.1 Å². The summed E-state index contributed by atoms with van der Waals surface area (Å²) in [5.74, 6) is -0.658. The van der Waals surface area contributed by atoms with Crippen molar-refractivity contribution in [2.75, 3.05) is 6.54 Å². The number of rotatable bonds is 4. The third-order valence-corrected chi connectivity index (χ3v) is 6.83. The van der Waals surface area contributed by atoms with Crippen LogP contribution in [0.1, 0.15) is 40.4 Å². The summed E-state index contributed by atoms with van der Waals surface area (Å²) in [6, 6.07) is 11.1. The van der Waals surface area contributed by atoms with Crippen LogP contribution in [0.3, 0.4) is 0 Å². The van der Waals surface area contributed by atoms with Gasteiger partial charge in [-0.1, -0.05) is 23.7 Å². The molecule has 34 heavy (non-hydrogen) atoms. The predicted octanol–water partition coefficient (Wildman–Crippen LogP) is 3.62. The van der Waals surface area contributed by atoms with Crippen LogP contribution in [0, 0.1) is 5.82 Å². The number of hydrogen-bond donors (Lipinski definition) is 3. The largest absolute Gasteiger partial charge is 0.508 e. The Labute approximate surface area is 200 Å². The highest BCUT2D eigenvalue weighted by molar-refractivity contribution is 6.31. The quantitative estimate of drug-likeness (QED) is 0.526. The van der Waals surface area contributed by atoms with Crippen LogP contribution in [-0.2, 0) is 13.1 Å². The Kier molecular flexibility index (Phi) is 5.65. The number of nitrogens with two attached hydrogens (primary N) is 1. The SMILES string of the molecule is NC(=O)c1c(-c2ccc(F)c(Cl)c2)nn2c1CN(C(=O)NC1CC(c3ccc(O)cc3)C1)CC2. The highest BCUT2D eigenvalue weighted by Crippen LogP contribution is 2.37. The zero-order valence-corrected chi connectivity index (χ0v) is 18.9. The van der Waals surface area contributed by atoms with E-state index >= 15 is 0 Å². The van der Waals surface area contributed by atoms with E-state index in [4.69, 9.17) is 17.3 Å². The minimum atomic E-state index is -0.672. The van der Waals surface area contributed by atoms with E-state index in [1.807, 2.05) is 12.1 Å². The van der Waals surface area contributed by atoms with Gasteiger partial charge in [-0.3, -0.25) is 9.48 Å². The van der Waals surface area contributed by atoms with Crippen LogP contribution in [0.4, 0.5) is 9.18 Å². The van der Waals surface area contributed by atoms with Crippen LogP contribution in [0.5, 0.6) is 5.75 Å². The summed E-state index contributed by atoms with van der Waals surface area (Å²) >= 11 is 5.91. The molecule has 2 aromatic carbocycles. The van der Waals surface area contributed by atoms with Crippen molar-refractivity contribution in [2.24, 2.45) is 5.73 Å². The summed E-state index contributed by atoms with van der Waals surface area (Å²) in [4.78, 5) is 26.9. The lowest BCUT2D eigenvalue weighted by Gasteiger charge is -2.38. The van der Waals surface area contributed by atoms with Crippen molar-refractivity contribution in [3.8, 4) is 17.0 Å². The second kappa shape index (κ2) is 8.64. The summed E-state index contributed by atoms with van der Waals surface area (Å²) in [6.07, 6.45) is 1.65. The van der Waals surface area contributed by atoms with Gasteiger partial charge in [0.15, 0.2) is 0 Å². The molecular weight excluding hydrogens is 461 g/mol.